The van der Waals surface area contributed by atoms with Gasteiger partial charge in [0, 0.05) is 18.2 Å². The summed E-state index contributed by atoms with van der Waals surface area (Å²) in [7, 11) is 0. The Balaban J connectivity index is 2.42. The lowest BCUT2D eigenvalue weighted by Gasteiger charge is -1.92. The third kappa shape index (κ3) is 1.72. The predicted molar refractivity (Wildman–Crippen MR) is 50.5 cm³/mol. The van der Waals surface area contributed by atoms with E-state index in [0.717, 1.165) is 5.69 Å². The van der Waals surface area contributed by atoms with Gasteiger partial charge in [-0.3, -0.25) is 0 Å². The van der Waals surface area contributed by atoms with Crippen molar-refractivity contribution in [2.75, 3.05) is 0 Å². The Bertz CT molecular complexity index is 379. The van der Waals surface area contributed by atoms with Crippen LogP contribution in [0, 0.1) is 6.92 Å². The lowest BCUT2D eigenvalue weighted by Crippen LogP contribution is -2.33. The van der Waals surface area contributed by atoms with E-state index in [9.17, 15) is 0 Å². The molecule has 1 aromatic heterocycles. The van der Waals surface area contributed by atoms with Gasteiger partial charge < -0.3 is 0 Å². The van der Waals surface area contributed by atoms with Crippen LogP contribution in [0.3, 0.4) is 0 Å². The van der Waals surface area contributed by atoms with Crippen LogP contribution in [0.2, 0.25) is 0 Å². The molecular formula is C11H11N2+. The summed E-state index contributed by atoms with van der Waals surface area (Å²) in [5, 5.41) is 4.20. The molecule has 0 bridgehead atoms. The highest BCUT2D eigenvalue weighted by molar-refractivity contribution is 5.25. The van der Waals surface area contributed by atoms with Crippen LogP contribution in [0.4, 0.5) is 0 Å². The average Bonchev–Trinajstić information content (AvgIpc) is 2.20. The van der Waals surface area contributed by atoms with E-state index in [1.165, 1.54) is 5.56 Å². The van der Waals surface area contributed by atoms with E-state index < -0.39 is 0 Å². The quantitative estimate of drug-likeness (QED) is 0.596. The molecule has 64 valence electrons. The van der Waals surface area contributed by atoms with Gasteiger partial charge in [0.15, 0.2) is 0 Å². The Labute approximate surface area is 77.5 Å². The van der Waals surface area contributed by atoms with Gasteiger partial charge in [-0.2, -0.15) is 0 Å². The number of rotatable bonds is 1. The van der Waals surface area contributed by atoms with E-state index in [2.05, 4.69) is 36.3 Å². The van der Waals surface area contributed by atoms with Crippen molar-refractivity contribution < 1.29 is 4.68 Å². The molecule has 0 aliphatic carbocycles. The molecule has 1 heterocycles. The van der Waals surface area contributed by atoms with Crippen molar-refractivity contribution in [3.8, 4) is 5.69 Å². The third-order valence-electron chi connectivity index (χ3n) is 1.91. The lowest BCUT2D eigenvalue weighted by molar-refractivity contribution is -0.659. The first kappa shape index (κ1) is 7.92. The second-order valence-corrected chi connectivity index (χ2v) is 2.98. The monoisotopic (exact) mass is 171 g/mol. The normalized spacial score (nSPS) is 9.92. The maximum Gasteiger partial charge on any atom is 0.238 e. The van der Waals surface area contributed by atoms with Crippen LogP contribution in [-0.2, 0) is 0 Å². The third-order valence-corrected chi connectivity index (χ3v) is 1.91. The summed E-state index contributed by atoms with van der Waals surface area (Å²) in [4.78, 5) is 0. The van der Waals surface area contributed by atoms with Crippen molar-refractivity contribution in [1.29, 1.82) is 0 Å². The van der Waals surface area contributed by atoms with Crippen molar-refractivity contribution in [3.63, 3.8) is 0 Å². The fraction of sp³-hybridized carbons (Fsp3) is 0.0909. The summed E-state index contributed by atoms with van der Waals surface area (Å²) >= 11 is 0. The van der Waals surface area contributed by atoms with E-state index in [-0.39, 0.29) is 0 Å². The molecule has 0 radical (unpaired) electrons. The Hall–Kier alpha value is -1.70. The summed E-state index contributed by atoms with van der Waals surface area (Å²) in [6.07, 6.45) is 3.71. The van der Waals surface area contributed by atoms with Crippen LogP contribution >= 0.6 is 0 Å². The van der Waals surface area contributed by atoms with E-state index in [1.807, 2.05) is 23.0 Å². The number of benzene rings is 1. The zero-order chi connectivity index (χ0) is 9.10. The van der Waals surface area contributed by atoms with Crippen molar-refractivity contribution in [2.24, 2.45) is 0 Å². The molecule has 0 unspecified atom stereocenters. The van der Waals surface area contributed by atoms with Crippen LogP contribution in [0.25, 0.3) is 5.69 Å². The summed E-state index contributed by atoms with van der Waals surface area (Å²) < 4.78 is 1.85. The van der Waals surface area contributed by atoms with Crippen LogP contribution in [0.1, 0.15) is 5.56 Å². The summed E-state index contributed by atoms with van der Waals surface area (Å²) in [6, 6.07) is 12.1. The van der Waals surface area contributed by atoms with E-state index >= 15 is 0 Å². The maximum absolute atomic E-state index is 4.20. The number of aryl methyl sites for hydroxylation is 1. The summed E-state index contributed by atoms with van der Waals surface area (Å²) in [5.41, 5.74) is 2.35. The minimum absolute atomic E-state index is 1.09. The molecule has 0 saturated heterocycles. The molecule has 0 N–H and O–H groups in total. The van der Waals surface area contributed by atoms with E-state index in [4.69, 9.17) is 0 Å². The first-order chi connectivity index (χ1) is 6.36. The molecule has 0 spiro atoms. The second kappa shape index (κ2) is 3.35. The van der Waals surface area contributed by atoms with Crippen LogP contribution in [0.15, 0.2) is 48.8 Å². The van der Waals surface area contributed by atoms with E-state index in [1.54, 1.807) is 6.20 Å². The first-order valence-electron chi connectivity index (χ1n) is 4.26. The largest absolute Gasteiger partial charge is 0.238 e. The molecule has 0 saturated carbocycles. The van der Waals surface area contributed by atoms with E-state index in [0.29, 0.717) is 0 Å². The Kier molecular flexibility index (Phi) is 2.04. The van der Waals surface area contributed by atoms with Crippen LogP contribution < -0.4 is 4.68 Å². The predicted octanol–water partition coefficient (Wildman–Crippen LogP) is 1.67. The van der Waals surface area contributed by atoms with Gasteiger partial charge in [-0.05, 0) is 18.1 Å². The minimum atomic E-state index is 1.09. The SMILES string of the molecule is Cc1ccc(-[n+]2ccccn2)cc1. The lowest BCUT2D eigenvalue weighted by atomic mass is 10.2. The molecule has 1 aromatic carbocycles. The summed E-state index contributed by atoms with van der Waals surface area (Å²) in [6.45, 7) is 2.08. The smallest absolute Gasteiger partial charge is 0.0527 e. The minimum Gasteiger partial charge on any atom is -0.0527 e. The van der Waals surface area contributed by atoms with Crippen molar-refractivity contribution in [1.82, 2.24) is 5.10 Å². The number of aromatic nitrogens is 2. The van der Waals surface area contributed by atoms with Crippen molar-refractivity contribution >= 4 is 0 Å². The van der Waals surface area contributed by atoms with Gasteiger partial charge in [-0.1, -0.05) is 22.4 Å². The van der Waals surface area contributed by atoms with Gasteiger partial charge in [0.2, 0.25) is 11.9 Å². The molecule has 0 amide bonds. The molecule has 0 atom stereocenters. The van der Waals surface area contributed by atoms with Crippen LogP contribution in [-0.4, -0.2) is 5.10 Å². The number of hydrogen-bond donors (Lipinski definition) is 0. The summed E-state index contributed by atoms with van der Waals surface area (Å²) in [5.74, 6) is 0. The highest BCUT2D eigenvalue weighted by Gasteiger charge is 2.03. The van der Waals surface area contributed by atoms with Crippen molar-refractivity contribution in [3.05, 3.63) is 54.4 Å². The van der Waals surface area contributed by atoms with Gasteiger partial charge in [0.05, 0.1) is 6.20 Å². The topological polar surface area (TPSA) is 16.8 Å². The van der Waals surface area contributed by atoms with Gasteiger partial charge >= 0.3 is 0 Å². The van der Waals surface area contributed by atoms with Crippen molar-refractivity contribution in [2.45, 2.75) is 6.92 Å². The Morgan fingerprint density at radius 1 is 1.08 bits per heavy atom. The molecule has 13 heavy (non-hydrogen) atoms. The second-order valence-electron chi connectivity index (χ2n) is 2.98. The number of nitrogens with zero attached hydrogens (tertiary/aromatic N) is 2. The Morgan fingerprint density at radius 2 is 1.85 bits per heavy atom. The molecule has 2 rings (SSSR count). The fourth-order valence-corrected chi connectivity index (χ4v) is 1.18. The van der Waals surface area contributed by atoms with Gasteiger partial charge in [0.1, 0.15) is 0 Å². The molecule has 0 aliphatic rings. The molecular weight excluding hydrogens is 160 g/mol. The zero-order valence-corrected chi connectivity index (χ0v) is 7.51. The van der Waals surface area contributed by atoms with Gasteiger partial charge in [-0.15, -0.1) is 0 Å². The molecule has 0 aliphatic heterocycles. The van der Waals surface area contributed by atoms with Gasteiger partial charge in [0.25, 0.3) is 0 Å². The molecule has 2 nitrogen and oxygen atoms in total. The van der Waals surface area contributed by atoms with Gasteiger partial charge in [-0.25, -0.2) is 0 Å². The first-order valence-corrected chi connectivity index (χ1v) is 4.26. The van der Waals surface area contributed by atoms with Crippen LogP contribution in [0.5, 0.6) is 0 Å². The molecule has 2 heteroatoms. The molecule has 2 aromatic rings. The zero-order valence-electron chi connectivity index (χ0n) is 7.51. The highest BCUT2D eigenvalue weighted by atomic mass is 15.2. The Morgan fingerprint density at radius 3 is 2.46 bits per heavy atom. The average molecular weight is 171 g/mol. The standard InChI is InChI=1S/C11H11N2/c1-10-4-6-11(7-5-10)13-9-3-2-8-12-13/h2-9H,1H3/q+1. The number of hydrogen-bond acceptors (Lipinski definition) is 1. The highest BCUT2D eigenvalue weighted by Crippen LogP contribution is 2.00. The molecule has 0 fully saturated rings. The fourth-order valence-electron chi connectivity index (χ4n) is 1.18. The maximum atomic E-state index is 4.20.